The van der Waals surface area contributed by atoms with Gasteiger partial charge < -0.3 is 5.11 Å². The van der Waals surface area contributed by atoms with E-state index in [9.17, 15) is 0 Å². The van der Waals surface area contributed by atoms with Gasteiger partial charge in [0.1, 0.15) is 12.9 Å². The fourth-order valence-corrected chi connectivity index (χ4v) is 1.52. The zero-order chi connectivity index (χ0) is 7.56. The molecule has 10 heavy (non-hydrogen) atoms. The Morgan fingerprint density at radius 3 is 2.70 bits per heavy atom. The van der Waals surface area contributed by atoms with Gasteiger partial charge in [-0.15, -0.1) is 11.3 Å². The molecule has 52 valence electrons. The SMILES string of the molecule is [B]c1sc(CO)nc1CC. The fourth-order valence-electron chi connectivity index (χ4n) is 0.735. The predicted molar refractivity (Wildman–Crippen MR) is 42.8 cm³/mol. The second kappa shape index (κ2) is 3.17. The lowest BCUT2D eigenvalue weighted by atomic mass is 10.1. The summed E-state index contributed by atoms with van der Waals surface area (Å²) < 4.78 is 0.728. The smallest absolute Gasteiger partial charge is 0.131 e. The Kier molecular flexibility index (Phi) is 2.46. The predicted octanol–water partition coefficient (Wildman–Crippen LogP) is -0.00840. The number of nitrogens with zero attached hydrogens (tertiary/aromatic N) is 1. The van der Waals surface area contributed by atoms with E-state index >= 15 is 0 Å². The van der Waals surface area contributed by atoms with Crippen LogP contribution in [0.5, 0.6) is 0 Å². The van der Waals surface area contributed by atoms with Crippen LogP contribution in [0.2, 0.25) is 0 Å². The molecule has 0 spiro atoms. The molecule has 0 saturated heterocycles. The highest BCUT2D eigenvalue weighted by atomic mass is 32.1. The van der Waals surface area contributed by atoms with Crippen LogP contribution >= 0.6 is 11.3 Å². The van der Waals surface area contributed by atoms with Gasteiger partial charge in [0.05, 0.1) is 6.61 Å². The number of thiazole rings is 1. The monoisotopic (exact) mass is 153 g/mol. The molecule has 1 aromatic heterocycles. The topological polar surface area (TPSA) is 33.1 Å². The highest BCUT2D eigenvalue weighted by Crippen LogP contribution is 2.05. The molecule has 0 atom stereocenters. The normalized spacial score (nSPS) is 10.2. The number of aryl methyl sites for hydroxylation is 1. The summed E-state index contributed by atoms with van der Waals surface area (Å²) in [5.74, 6) is 0. The Hall–Kier alpha value is -0.345. The first-order valence-corrected chi connectivity index (χ1v) is 3.94. The average Bonchev–Trinajstić information content (AvgIpc) is 2.30. The van der Waals surface area contributed by atoms with Crippen molar-refractivity contribution >= 4 is 24.0 Å². The molecule has 1 aromatic rings. The molecule has 0 unspecified atom stereocenters. The van der Waals surface area contributed by atoms with Crippen molar-refractivity contribution in [1.82, 2.24) is 4.98 Å². The van der Waals surface area contributed by atoms with Gasteiger partial charge in [-0.05, 0) is 11.2 Å². The van der Waals surface area contributed by atoms with Crippen LogP contribution in [0, 0.1) is 0 Å². The van der Waals surface area contributed by atoms with Crippen LogP contribution in [0.4, 0.5) is 0 Å². The first-order valence-electron chi connectivity index (χ1n) is 3.12. The van der Waals surface area contributed by atoms with E-state index in [0.717, 1.165) is 16.9 Å². The number of hydrogen-bond acceptors (Lipinski definition) is 3. The van der Waals surface area contributed by atoms with Crippen molar-refractivity contribution in [2.75, 3.05) is 0 Å². The van der Waals surface area contributed by atoms with Crippen molar-refractivity contribution < 1.29 is 5.11 Å². The van der Waals surface area contributed by atoms with E-state index < -0.39 is 0 Å². The summed E-state index contributed by atoms with van der Waals surface area (Å²) >= 11 is 1.36. The Morgan fingerprint density at radius 2 is 2.40 bits per heavy atom. The lowest BCUT2D eigenvalue weighted by molar-refractivity contribution is 0.281. The van der Waals surface area contributed by atoms with Gasteiger partial charge in [0.2, 0.25) is 0 Å². The van der Waals surface area contributed by atoms with Gasteiger partial charge in [-0.2, -0.15) is 0 Å². The lowest BCUT2D eigenvalue weighted by Crippen LogP contribution is -2.02. The van der Waals surface area contributed by atoms with E-state index in [1.165, 1.54) is 11.3 Å². The van der Waals surface area contributed by atoms with Gasteiger partial charge in [0.25, 0.3) is 0 Å². The molecule has 0 amide bonds. The molecule has 1 heterocycles. The van der Waals surface area contributed by atoms with Crippen molar-refractivity contribution in [3.63, 3.8) is 0 Å². The summed E-state index contributed by atoms with van der Waals surface area (Å²) in [6.07, 6.45) is 0.836. The van der Waals surface area contributed by atoms with Crippen LogP contribution in [-0.2, 0) is 13.0 Å². The van der Waals surface area contributed by atoms with Gasteiger partial charge in [-0.25, -0.2) is 4.98 Å². The van der Waals surface area contributed by atoms with Crippen LogP contribution in [-0.4, -0.2) is 17.9 Å². The van der Waals surface area contributed by atoms with Gasteiger partial charge in [0.15, 0.2) is 0 Å². The molecular formula is C6H8BNOS. The van der Waals surface area contributed by atoms with E-state index in [-0.39, 0.29) is 6.61 Å². The van der Waals surface area contributed by atoms with Crippen molar-refractivity contribution in [2.45, 2.75) is 20.0 Å². The maximum absolute atomic E-state index is 8.66. The molecule has 0 fully saturated rings. The first-order chi connectivity index (χ1) is 4.77. The van der Waals surface area contributed by atoms with Crippen LogP contribution in [0.15, 0.2) is 0 Å². The van der Waals surface area contributed by atoms with Crippen molar-refractivity contribution in [2.24, 2.45) is 0 Å². The number of hydrogen-bond donors (Lipinski definition) is 1. The van der Waals surface area contributed by atoms with E-state index in [0.29, 0.717) is 5.01 Å². The minimum atomic E-state index is -0.00509. The summed E-state index contributed by atoms with van der Waals surface area (Å²) in [5, 5.41) is 9.37. The van der Waals surface area contributed by atoms with E-state index in [4.69, 9.17) is 13.0 Å². The van der Waals surface area contributed by atoms with Gasteiger partial charge >= 0.3 is 0 Å². The lowest BCUT2D eigenvalue weighted by Gasteiger charge is -1.86. The molecular weight excluding hydrogens is 145 g/mol. The largest absolute Gasteiger partial charge is 0.389 e. The fraction of sp³-hybridized carbons (Fsp3) is 0.500. The second-order valence-electron chi connectivity index (χ2n) is 1.93. The summed E-state index contributed by atoms with van der Waals surface area (Å²) in [5.41, 5.74) is 0.897. The average molecular weight is 153 g/mol. The van der Waals surface area contributed by atoms with E-state index in [1.54, 1.807) is 0 Å². The van der Waals surface area contributed by atoms with E-state index in [2.05, 4.69) is 4.98 Å². The molecule has 2 radical (unpaired) electrons. The Labute approximate surface area is 65.3 Å². The number of aliphatic hydroxyl groups excluding tert-OH is 1. The van der Waals surface area contributed by atoms with Crippen LogP contribution in [0.1, 0.15) is 17.6 Å². The minimum absolute atomic E-state index is 0.00509. The third-order valence-corrected chi connectivity index (χ3v) is 2.15. The molecule has 0 aliphatic carbocycles. The first kappa shape index (κ1) is 7.76. The summed E-state index contributed by atoms with van der Waals surface area (Å²) in [7, 11) is 5.57. The Balaban J connectivity index is 2.92. The van der Waals surface area contributed by atoms with Crippen molar-refractivity contribution in [3.8, 4) is 0 Å². The second-order valence-corrected chi connectivity index (χ2v) is 3.05. The summed E-state index contributed by atoms with van der Waals surface area (Å²) in [6, 6.07) is 0. The molecule has 0 aromatic carbocycles. The maximum Gasteiger partial charge on any atom is 0.131 e. The summed E-state index contributed by atoms with van der Waals surface area (Å²) in [4.78, 5) is 4.09. The van der Waals surface area contributed by atoms with Gasteiger partial charge in [0, 0.05) is 5.69 Å². The van der Waals surface area contributed by atoms with Crippen LogP contribution in [0.25, 0.3) is 0 Å². The Morgan fingerprint density at radius 1 is 1.70 bits per heavy atom. The summed E-state index contributed by atoms with van der Waals surface area (Å²) in [6.45, 7) is 1.99. The number of rotatable bonds is 2. The molecule has 0 aliphatic heterocycles. The van der Waals surface area contributed by atoms with Crippen LogP contribution in [0.3, 0.4) is 0 Å². The molecule has 0 bridgehead atoms. The molecule has 4 heteroatoms. The minimum Gasteiger partial charge on any atom is -0.389 e. The molecule has 0 saturated carbocycles. The van der Waals surface area contributed by atoms with Crippen LogP contribution < -0.4 is 4.78 Å². The van der Waals surface area contributed by atoms with Crippen molar-refractivity contribution in [3.05, 3.63) is 10.7 Å². The number of aromatic nitrogens is 1. The van der Waals surface area contributed by atoms with Gasteiger partial charge in [-0.3, -0.25) is 0 Å². The number of aliphatic hydroxyl groups is 1. The third-order valence-electron chi connectivity index (χ3n) is 1.24. The quantitative estimate of drug-likeness (QED) is 0.606. The van der Waals surface area contributed by atoms with E-state index in [1.807, 2.05) is 6.92 Å². The highest BCUT2D eigenvalue weighted by Gasteiger charge is 2.02. The Bertz CT molecular complexity index is 224. The van der Waals surface area contributed by atoms with Crippen molar-refractivity contribution in [1.29, 1.82) is 0 Å². The molecule has 1 rings (SSSR count). The zero-order valence-corrected chi connectivity index (χ0v) is 6.61. The zero-order valence-electron chi connectivity index (χ0n) is 5.79. The third kappa shape index (κ3) is 1.38. The standard InChI is InChI=1S/C6H8BNOS/c1-2-4-6(7)10-5(3-9)8-4/h9H,2-3H2,1H3. The molecule has 1 N–H and O–H groups in total. The highest BCUT2D eigenvalue weighted by molar-refractivity contribution is 7.19. The molecule has 0 aliphatic rings. The van der Waals surface area contributed by atoms with Gasteiger partial charge in [-0.1, -0.05) is 6.92 Å². The molecule has 2 nitrogen and oxygen atoms in total. The maximum atomic E-state index is 8.66.